The molecule has 0 saturated heterocycles. The van der Waals surface area contributed by atoms with Crippen molar-refractivity contribution in [1.29, 1.82) is 0 Å². The summed E-state index contributed by atoms with van der Waals surface area (Å²) in [6.07, 6.45) is 0. The average molecular weight is 245 g/mol. The van der Waals surface area contributed by atoms with E-state index < -0.39 is 5.24 Å². The predicted octanol–water partition coefficient (Wildman–Crippen LogP) is 0.809. The van der Waals surface area contributed by atoms with Crippen LogP contribution in [0.25, 0.3) is 0 Å². The number of rotatable bonds is 1. The molecule has 0 heterocycles. The van der Waals surface area contributed by atoms with Crippen LogP contribution in [0.1, 0.15) is 0 Å². The molecular formula is C8H11N3O2S2. The monoisotopic (exact) mass is 245 g/mol. The summed E-state index contributed by atoms with van der Waals surface area (Å²) in [5.41, 5.74) is 6.56. The normalized spacial score (nSPS) is 8.13. The van der Waals surface area contributed by atoms with Gasteiger partial charge in [0.15, 0.2) is 0 Å². The third kappa shape index (κ3) is 9.01. The molecule has 0 saturated carbocycles. The van der Waals surface area contributed by atoms with Crippen LogP contribution in [0, 0.1) is 0 Å². The maximum Gasteiger partial charge on any atom is 0.276 e. The highest BCUT2D eigenvalue weighted by molar-refractivity contribution is 7.96. The lowest BCUT2D eigenvalue weighted by Crippen LogP contribution is -2.32. The number of carbonyl (C=O) groups is 1. The van der Waals surface area contributed by atoms with Crippen LogP contribution in [-0.4, -0.2) is 10.4 Å². The highest BCUT2D eigenvalue weighted by Crippen LogP contribution is 2.07. The summed E-state index contributed by atoms with van der Waals surface area (Å²) >= 11 is 7.78. The van der Waals surface area contributed by atoms with Crippen LogP contribution in [-0.2, 0) is 0 Å². The second-order valence-corrected chi connectivity index (χ2v) is 3.00. The van der Waals surface area contributed by atoms with Gasteiger partial charge in [-0.1, -0.05) is 30.8 Å². The quantitative estimate of drug-likeness (QED) is 0.254. The zero-order valence-electron chi connectivity index (χ0n) is 7.71. The summed E-state index contributed by atoms with van der Waals surface area (Å²) in [6, 6.07) is 9.20. The molecule has 1 aromatic carbocycles. The molecule has 0 spiro atoms. The molecule has 0 atom stereocenters. The molecule has 0 aliphatic carbocycles. The Bertz CT molecular complexity index is 315. The third-order valence-corrected chi connectivity index (χ3v) is 1.27. The lowest BCUT2D eigenvalue weighted by Gasteiger charge is -2.03. The van der Waals surface area contributed by atoms with Crippen molar-refractivity contribution in [2.45, 2.75) is 0 Å². The molecule has 0 aliphatic rings. The Hall–Kier alpha value is -1.31. The molecule has 1 rings (SSSR count). The minimum Gasteiger partial charge on any atom is -0.431 e. The zero-order valence-corrected chi connectivity index (χ0v) is 9.42. The van der Waals surface area contributed by atoms with Gasteiger partial charge in [0.25, 0.3) is 10.4 Å². The number of thiol groups is 1. The van der Waals surface area contributed by atoms with Gasteiger partial charge in [0, 0.05) is 0 Å². The van der Waals surface area contributed by atoms with Gasteiger partial charge in [0.2, 0.25) is 0 Å². The summed E-state index contributed by atoms with van der Waals surface area (Å²) in [4.78, 5) is 9.09. The summed E-state index contributed by atoms with van der Waals surface area (Å²) in [5, 5.41) is -0.476. The van der Waals surface area contributed by atoms with Gasteiger partial charge < -0.3 is 10.5 Å². The number of para-hydroxylation sites is 1. The number of hydrogen-bond acceptors (Lipinski definition) is 4. The molecule has 5 N–H and O–H groups in total. The van der Waals surface area contributed by atoms with E-state index in [1.54, 1.807) is 12.1 Å². The van der Waals surface area contributed by atoms with Crippen LogP contribution in [0.15, 0.2) is 30.3 Å². The topological polar surface area (TPSA) is 90.4 Å². The van der Waals surface area contributed by atoms with Crippen molar-refractivity contribution in [3.63, 3.8) is 0 Å². The standard InChI is InChI=1S/C7H8N2OS.CH3NOS/c8-9-7(11)10-6-4-2-1-3-5-6;2-1(3)4/h1-5H,8H2,(H,9,11);(H3,2,3,4). The molecule has 1 aromatic rings. The van der Waals surface area contributed by atoms with Gasteiger partial charge in [0.05, 0.1) is 0 Å². The number of ether oxygens (including phenoxy) is 1. The summed E-state index contributed by atoms with van der Waals surface area (Å²) in [5.74, 6) is 5.68. The minimum absolute atomic E-state index is 0.163. The summed E-state index contributed by atoms with van der Waals surface area (Å²) < 4.78 is 5.06. The third-order valence-electron chi connectivity index (χ3n) is 1.07. The second-order valence-electron chi connectivity index (χ2n) is 2.19. The van der Waals surface area contributed by atoms with E-state index in [1.807, 2.05) is 18.2 Å². The van der Waals surface area contributed by atoms with Crippen molar-refractivity contribution < 1.29 is 9.53 Å². The molecule has 7 heteroatoms. The van der Waals surface area contributed by atoms with Crippen molar-refractivity contribution in [3.8, 4) is 5.75 Å². The molecule has 0 fully saturated rings. The Morgan fingerprint density at radius 2 is 1.87 bits per heavy atom. The van der Waals surface area contributed by atoms with Gasteiger partial charge >= 0.3 is 0 Å². The lowest BCUT2D eigenvalue weighted by molar-refractivity contribution is 0.267. The van der Waals surface area contributed by atoms with E-state index in [9.17, 15) is 0 Å². The summed E-state index contributed by atoms with van der Waals surface area (Å²) in [7, 11) is 0. The van der Waals surface area contributed by atoms with Crippen molar-refractivity contribution in [2.75, 3.05) is 0 Å². The first kappa shape index (κ1) is 13.7. The maximum absolute atomic E-state index is 9.09. The number of primary amides is 1. The smallest absolute Gasteiger partial charge is 0.276 e. The fourth-order valence-electron chi connectivity index (χ4n) is 0.625. The van der Waals surface area contributed by atoms with Gasteiger partial charge in [-0.15, -0.1) is 0 Å². The maximum atomic E-state index is 9.09. The van der Waals surface area contributed by atoms with Gasteiger partial charge in [-0.05, 0) is 24.4 Å². The van der Waals surface area contributed by atoms with E-state index in [2.05, 4.69) is 36.0 Å². The van der Waals surface area contributed by atoms with E-state index in [4.69, 9.17) is 15.4 Å². The Kier molecular flexibility index (Phi) is 7.33. The van der Waals surface area contributed by atoms with Gasteiger partial charge in [-0.25, -0.2) is 5.84 Å². The molecule has 0 unspecified atom stereocenters. The molecule has 1 amide bonds. The lowest BCUT2D eigenvalue weighted by atomic mass is 10.3. The van der Waals surface area contributed by atoms with Crippen LogP contribution < -0.4 is 21.7 Å². The number of hydrogen-bond donors (Lipinski definition) is 4. The van der Waals surface area contributed by atoms with E-state index in [0.717, 1.165) is 0 Å². The van der Waals surface area contributed by atoms with E-state index in [1.165, 1.54) is 0 Å². The molecule has 5 nitrogen and oxygen atoms in total. The largest absolute Gasteiger partial charge is 0.431 e. The van der Waals surface area contributed by atoms with Crippen LogP contribution in [0.5, 0.6) is 5.75 Å². The average Bonchev–Trinajstić information content (AvgIpc) is 2.18. The fraction of sp³-hybridized carbons (Fsp3) is 0. The highest BCUT2D eigenvalue weighted by Gasteiger charge is 1.93. The van der Waals surface area contributed by atoms with Crippen molar-refractivity contribution in [2.24, 2.45) is 11.6 Å². The van der Waals surface area contributed by atoms with E-state index >= 15 is 0 Å². The number of benzene rings is 1. The van der Waals surface area contributed by atoms with Crippen molar-refractivity contribution in [1.82, 2.24) is 5.43 Å². The number of amides is 1. The van der Waals surface area contributed by atoms with Crippen molar-refractivity contribution in [3.05, 3.63) is 30.3 Å². The van der Waals surface area contributed by atoms with Gasteiger partial charge in [0.1, 0.15) is 5.75 Å². The Morgan fingerprint density at radius 1 is 1.40 bits per heavy atom. The van der Waals surface area contributed by atoms with Crippen LogP contribution in [0.3, 0.4) is 0 Å². The number of nitrogens with one attached hydrogen (secondary N) is 1. The molecular weight excluding hydrogens is 234 g/mol. The number of carbonyl (C=O) groups excluding carboxylic acids is 1. The number of hydrazine groups is 1. The predicted molar refractivity (Wildman–Crippen MR) is 65.6 cm³/mol. The number of nitrogens with two attached hydrogens (primary N) is 2. The highest BCUT2D eigenvalue weighted by atomic mass is 32.1. The van der Waals surface area contributed by atoms with E-state index in [0.29, 0.717) is 5.75 Å². The summed E-state index contributed by atoms with van der Waals surface area (Å²) in [6.45, 7) is 0. The van der Waals surface area contributed by atoms with Crippen LogP contribution >= 0.6 is 24.8 Å². The molecule has 0 aliphatic heterocycles. The molecule has 0 aromatic heterocycles. The van der Waals surface area contributed by atoms with E-state index in [-0.39, 0.29) is 5.17 Å². The Balaban J connectivity index is 0.000000423. The second kappa shape index (κ2) is 8.04. The Labute approximate surface area is 98.2 Å². The fourth-order valence-corrected chi connectivity index (χ4v) is 0.721. The van der Waals surface area contributed by atoms with Crippen LogP contribution in [0.4, 0.5) is 4.79 Å². The zero-order chi connectivity index (χ0) is 11.7. The first-order valence-corrected chi connectivity index (χ1v) is 4.63. The van der Waals surface area contributed by atoms with Crippen LogP contribution in [0.2, 0.25) is 0 Å². The SMILES string of the molecule is NC(=O)S.NNC(=S)Oc1ccccc1. The van der Waals surface area contributed by atoms with Gasteiger partial charge in [-0.3, -0.25) is 10.2 Å². The molecule has 15 heavy (non-hydrogen) atoms. The minimum atomic E-state index is -0.639. The molecule has 82 valence electrons. The van der Waals surface area contributed by atoms with Crippen molar-refractivity contribution >= 4 is 35.3 Å². The number of thiocarbonyl (C=S) groups is 1. The first-order chi connectivity index (χ1) is 7.06. The molecule has 0 bridgehead atoms. The van der Waals surface area contributed by atoms with Gasteiger partial charge in [-0.2, -0.15) is 0 Å². The molecule has 0 radical (unpaired) electrons. The Morgan fingerprint density at radius 3 is 2.27 bits per heavy atom. The first-order valence-electron chi connectivity index (χ1n) is 3.78.